The van der Waals surface area contributed by atoms with E-state index in [0.717, 1.165) is 12.1 Å². The van der Waals surface area contributed by atoms with Gasteiger partial charge in [-0.2, -0.15) is 0 Å². The Balaban J connectivity index is 1.47. The summed E-state index contributed by atoms with van der Waals surface area (Å²) in [7, 11) is 1.67. The highest BCUT2D eigenvalue weighted by Crippen LogP contribution is 2.41. The Morgan fingerprint density at radius 3 is 2.83 bits per heavy atom. The average molecular weight is 409 g/mol. The van der Waals surface area contributed by atoms with Gasteiger partial charge in [-0.1, -0.05) is 6.07 Å². The number of nitrogens with zero attached hydrogens (tertiary/aromatic N) is 3. The first-order valence-corrected chi connectivity index (χ1v) is 10.1. The fourth-order valence-electron chi connectivity index (χ4n) is 5.03. The molecule has 0 aliphatic carbocycles. The lowest BCUT2D eigenvalue weighted by atomic mass is 9.78. The van der Waals surface area contributed by atoms with Crippen molar-refractivity contribution in [2.24, 2.45) is 5.92 Å². The highest BCUT2D eigenvalue weighted by Gasteiger charge is 2.41. The molecule has 0 saturated carbocycles. The van der Waals surface area contributed by atoms with Crippen molar-refractivity contribution in [3.05, 3.63) is 58.0 Å². The summed E-state index contributed by atoms with van der Waals surface area (Å²) in [5.74, 6) is 0.359. The SMILES string of the molecule is CN1C(=O)COc2ccc(C(=O)N3C[C@H]4C[C@@H](C3)[C@H](CO)n3c4cccc3=O)cc21. The van der Waals surface area contributed by atoms with E-state index >= 15 is 0 Å². The van der Waals surface area contributed by atoms with Crippen LogP contribution in [0.4, 0.5) is 5.69 Å². The molecule has 0 radical (unpaired) electrons. The fourth-order valence-corrected chi connectivity index (χ4v) is 5.03. The Morgan fingerprint density at radius 1 is 1.20 bits per heavy atom. The van der Waals surface area contributed by atoms with Gasteiger partial charge in [-0.15, -0.1) is 0 Å². The number of amides is 2. The van der Waals surface area contributed by atoms with E-state index in [-0.39, 0.29) is 48.5 Å². The Kier molecular flexibility index (Phi) is 4.39. The lowest BCUT2D eigenvalue weighted by molar-refractivity contribution is -0.120. The number of hydrogen-bond acceptors (Lipinski definition) is 5. The monoisotopic (exact) mass is 409 g/mol. The predicted molar refractivity (Wildman–Crippen MR) is 109 cm³/mol. The van der Waals surface area contributed by atoms with E-state index in [2.05, 4.69) is 0 Å². The second-order valence-electron chi connectivity index (χ2n) is 8.24. The van der Waals surface area contributed by atoms with Crippen LogP contribution in [0.2, 0.25) is 0 Å². The van der Waals surface area contributed by atoms with Gasteiger partial charge in [0.05, 0.1) is 18.3 Å². The molecule has 3 atom stereocenters. The quantitative estimate of drug-likeness (QED) is 0.799. The van der Waals surface area contributed by atoms with Gasteiger partial charge in [-0.05, 0) is 30.7 Å². The van der Waals surface area contributed by atoms with Crippen LogP contribution in [0.5, 0.6) is 5.75 Å². The van der Waals surface area contributed by atoms with Gasteiger partial charge in [-0.3, -0.25) is 14.4 Å². The molecule has 3 aliphatic rings. The number of carbonyl (C=O) groups is 2. The third-order valence-corrected chi connectivity index (χ3v) is 6.57. The number of aliphatic hydroxyl groups excluding tert-OH is 1. The van der Waals surface area contributed by atoms with Gasteiger partial charge in [0.2, 0.25) is 0 Å². The van der Waals surface area contributed by atoms with Crippen molar-refractivity contribution in [2.75, 3.05) is 38.3 Å². The minimum absolute atomic E-state index is 0.00634. The number of hydrogen-bond donors (Lipinski definition) is 1. The molecule has 30 heavy (non-hydrogen) atoms. The van der Waals surface area contributed by atoms with Crippen LogP contribution < -0.4 is 15.2 Å². The summed E-state index contributed by atoms with van der Waals surface area (Å²) in [4.78, 5) is 41.0. The van der Waals surface area contributed by atoms with Gasteiger partial charge in [0.15, 0.2) is 6.61 Å². The normalized spacial score (nSPS) is 24.7. The number of likely N-dealkylation sites (N-methyl/N-ethyl adjacent to an activating group) is 1. The summed E-state index contributed by atoms with van der Waals surface area (Å²) in [5, 5.41) is 9.99. The molecular formula is C22H23N3O5. The molecule has 1 saturated heterocycles. The Morgan fingerprint density at radius 2 is 2.03 bits per heavy atom. The molecule has 0 unspecified atom stereocenters. The van der Waals surface area contributed by atoms with Crippen LogP contribution in [0.3, 0.4) is 0 Å². The number of carbonyl (C=O) groups excluding carboxylic acids is 2. The van der Waals surface area contributed by atoms with E-state index in [0.29, 0.717) is 30.1 Å². The molecule has 1 fully saturated rings. The van der Waals surface area contributed by atoms with Crippen molar-refractivity contribution in [1.29, 1.82) is 0 Å². The van der Waals surface area contributed by atoms with Crippen molar-refractivity contribution < 1.29 is 19.4 Å². The molecule has 8 heteroatoms. The van der Waals surface area contributed by atoms with Crippen LogP contribution in [0.15, 0.2) is 41.2 Å². The summed E-state index contributed by atoms with van der Waals surface area (Å²) in [6.45, 7) is 0.843. The Labute approximate surface area is 173 Å². The van der Waals surface area contributed by atoms with Crippen LogP contribution in [-0.4, -0.2) is 59.7 Å². The summed E-state index contributed by atoms with van der Waals surface area (Å²) in [5.41, 5.74) is 1.84. The van der Waals surface area contributed by atoms with E-state index in [1.54, 1.807) is 40.8 Å². The minimum atomic E-state index is -0.332. The molecule has 0 spiro atoms. The van der Waals surface area contributed by atoms with Gasteiger partial charge < -0.3 is 24.2 Å². The zero-order valence-electron chi connectivity index (χ0n) is 16.7. The number of pyridine rings is 1. The number of anilines is 1. The van der Waals surface area contributed by atoms with E-state index in [9.17, 15) is 19.5 Å². The lowest BCUT2D eigenvalue weighted by Gasteiger charge is -2.46. The maximum Gasteiger partial charge on any atom is 0.264 e. The van der Waals surface area contributed by atoms with Gasteiger partial charge in [-0.25, -0.2) is 0 Å². The first kappa shape index (κ1) is 18.9. The smallest absolute Gasteiger partial charge is 0.264 e. The third-order valence-electron chi connectivity index (χ3n) is 6.57. The molecule has 8 nitrogen and oxygen atoms in total. The first-order valence-electron chi connectivity index (χ1n) is 10.1. The second kappa shape index (κ2) is 6.98. The second-order valence-corrected chi connectivity index (χ2v) is 8.24. The number of likely N-dealkylation sites (tertiary alicyclic amines) is 1. The van der Waals surface area contributed by atoms with E-state index in [1.165, 1.54) is 11.0 Å². The number of piperidine rings is 1. The van der Waals surface area contributed by atoms with Crippen molar-refractivity contribution in [1.82, 2.24) is 9.47 Å². The molecular weight excluding hydrogens is 386 g/mol. The number of aromatic nitrogens is 1. The van der Waals surface area contributed by atoms with Crippen molar-refractivity contribution in [2.45, 2.75) is 18.4 Å². The molecule has 1 aromatic carbocycles. The molecule has 156 valence electrons. The number of ether oxygens (including phenoxy) is 1. The highest BCUT2D eigenvalue weighted by molar-refractivity contribution is 6.01. The molecule has 5 rings (SSSR count). The van der Waals surface area contributed by atoms with Crippen LogP contribution in [0.1, 0.15) is 34.4 Å². The van der Waals surface area contributed by atoms with Crippen molar-refractivity contribution in [3.8, 4) is 5.75 Å². The van der Waals surface area contributed by atoms with Crippen molar-refractivity contribution >= 4 is 17.5 Å². The standard InChI is InChI=1S/C22H23N3O5/c1-23-17-8-13(5-6-19(17)30-12-21(23)28)22(29)24-9-14-7-15(10-24)18(11-26)25-16(14)3-2-4-20(25)27/h2-6,8,14-15,18,26H,7,9-12H2,1H3/t14-,15+,18+/m1/s1. The zero-order valence-corrected chi connectivity index (χ0v) is 16.7. The minimum Gasteiger partial charge on any atom is -0.482 e. The number of benzene rings is 1. The highest BCUT2D eigenvalue weighted by atomic mass is 16.5. The van der Waals surface area contributed by atoms with Gasteiger partial charge >= 0.3 is 0 Å². The van der Waals surface area contributed by atoms with Crippen LogP contribution in [-0.2, 0) is 4.79 Å². The predicted octanol–water partition coefficient (Wildman–Crippen LogP) is 0.996. The zero-order chi connectivity index (χ0) is 21.0. The summed E-state index contributed by atoms with van der Waals surface area (Å²) >= 11 is 0. The molecule has 2 aromatic rings. The molecule has 2 amide bonds. The van der Waals surface area contributed by atoms with Gasteiger partial charge in [0, 0.05) is 49.3 Å². The van der Waals surface area contributed by atoms with Gasteiger partial charge in [0.25, 0.3) is 17.4 Å². The number of aliphatic hydroxyl groups is 1. The lowest BCUT2D eigenvalue weighted by Crippen LogP contribution is -2.51. The molecule has 1 aromatic heterocycles. The van der Waals surface area contributed by atoms with Gasteiger partial charge in [0.1, 0.15) is 5.75 Å². The van der Waals surface area contributed by atoms with E-state index in [4.69, 9.17) is 4.74 Å². The average Bonchev–Trinajstić information content (AvgIpc) is 2.76. The molecule has 4 heterocycles. The van der Waals surface area contributed by atoms with Crippen LogP contribution in [0, 0.1) is 5.92 Å². The molecule has 1 N–H and O–H groups in total. The topological polar surface area (TPSA) is 92.1 Å². The number of fused-ring (bicyclic) bond motifs is 5. The summed E-state index contributed by atoms with van der Waals surface area (Å²) in [6.07, 6.45) is 0.841. The first-order chi connectivity index (χ1) is 14.5. The van der Waals surface area contributed by atoms with Crippen LogP contribution in [0.25, 0.3) is 0 Å². The van der Waals surface area contributed by atoms with Crippen LogP contribution >= 0.6 is 0 Å². The molecule has 3 aliphatic heterocycles. The number of rotatable bonds is 2. The summed E-state index contributed by atoms with van der Waals surface area (Å²) in [6, 6.07) is 9.97. The van der Waals surface area contributed by atoms with Crippen molar-refractivity contribution in [3.63, 3.8) is 0 Å². The maximum absolute atomic E-state index is 13.3. The summed E-state index contributed by atoms with van der Waals surface area (Å²) < 4.78 is 7.16. The van der Waals surface area contributed by atoms with E-state index < -0.39 is 0 Å². The molecule has 2 bridgehead atoms. The Hall–Kier alpha value is -3.13. The van der Waals surface area contributed by atoms with E-state index in [1.807, 2.05) is 6.07 Å². The largest absolute Gasteiger partial charge is 0.482 e. The third kappa shape index (κ3) is 2.82. The Bertz CT molecular complexity index is 1090. The maximum atomic E-state index is 13.3. The fraction of sp³-hybridized carbons (Fsp3) is 0.409.